The number of rotatable bonds is 6. The largest absolute Gasteiger partial charge is 0.384 e. The van der Waals surface area contributed by atoms with Crippen LogP contribution in [0, 0.1) is 0 Å². The maximum absolute atomic E-state index is 5.62. The van der Waals surface area contributed by atoms with E-state index in [1.807, 2.05) is 12.1 Å². The molecule has 0 saturated heterocycles. The van der Waals surface area contributed by atoms with E-state index in [1.54, 1.807) is 13.3 Å². The molecule has 1 aromatic heterocycles. The van der Waals surface area contributed by atoms with Crippen molar-refractivity contribution < 1.29 is 4.74 Å². The van der Waals surface area contributed by atoms with Crippen molar-refractivity contribution in [3.8, 4) is 0 Å². The van der Waals surface area contributed by atoms with E-state index in [2.05, 4.69) is 17.2 Å². The molecule has 1 heterocycles. The first-order valence-electron chi connectivity index (χ1n) is 5.19. The van der Waals surface area contributed by atoms with Gasteiger partial charge in [0.1, 0.15) is 5.82 Å². The highest BCUT2D eigenvalue weighted by Crippen LogP contribution is 2.06. The molecule has 15 heavy (non-hydrogen) atoms. The number of aromatic nitrogens is 1. The smallest absolute Gasteiger partial charge is 0.123 e. The van der Waals surface area contributed by atoms with Crippen molar-refractivity contribution in [3.63, 3.8) is 0 Å². The van der Waals surface area contributed by atoms with Crippen LogP contribution in [0.5, 0.6) is 0 Å². The number of hydrogen-bond acceptors (Lipinski definition) is 4. The van der Waals surface area contributed by atoms with Crippen LogP contribution in [-0.4, -0.2) is 31.3 Å². The Morgan fingerprint density at radius 1 is 1.60 bits per heavy atom. The molecule has 1 rings (SSSR count). The van der Waals surface area contributed by atoms with Crippen LogP contribution in [0.1, 0.15) is 12.5 Å². The summed E-state index contributed by atoms with van der Waals surface area (Å²) in [4.78, 5) is 3.97. The highest BCUT2D eigenvalue weighted by molar-refractivity contribution is 5.32. The zero-order valence-electron chi connectivity index (χ0n) is 9.36. The zero-order valence-corrected chi connectivity index (χ0v) is 9.36. The summed E-state index contributed by atoms with van der Waals surface area (Å²) in [5.74, 6) is 0.570. The summed E-state index contributed by atoms with van der Waals surface area (Å²) < 4.78 is 5.15. The minimum Gasteiger partial charge on any atom is -0.384 e. The second-order valence-corrected chi connectivity index (χ2v) is 3.50. The highest BCUT2D eigenvalue weighted by atomic mass is 16.5. The van der Waals surface area contributed by atoms with Crippen molar-refractivity contribution in [1.82, 2.24) is 10.3 Å². The van der Waals surface area contributed by atoms with Crippen LogP contribution in [0.2, 0.25) is 0 Å². The topological polar surface area (TPSA) is 60.2 Å². The van der Waals surface area contributed by atoms with Gasteiger partial charge in [0.2, 0.25) is 0 Å². The molecule has 4 heteroatoms. The minimum atomic E-state index is 0.335. The van der Waals surface area contributed by atoms with Crippen LogP contribution < -0.4 is 11.1 Å². The number of ether oxygens (including phenoxy) is 1. The first-order chi connectivity index (χ1) is 7.26. The van der Waals surface area contributed by atoms with Crippen LogP contribution in [0.4, 0.5) is 5.82 Å². The summed E-state index contributed by atoms with van der Waals surface area (Å²) >= 11 is 0. The number of hydrogen-bond donors (Lipinski definition) is 2. The molecule has 0 saturated carbocycles. The Hall–Kier alpha value is -1.13. The normalized spacial score (nSPS) is 12.7. The lowest BCUT2D eigenvalue weighted by Crippen LogP contribution is -2.34. The number of methoxy groups -OCH3 is 1. The van der Waals surface area contributed by atoms with E-state index in [4.69, 9.17) is 10.5 Å². The van der Waals surface area contributed by atoms with Gasteiger partial charge < -0.3 is 15.8 Å². The lowest BCUT2D eigenvalue weighted by atomic mass is 10.1. The van der Waals surface area contributed by atoms with Crippen molar-refractivity contribution in [2.24, 2.45) is 0 Å². The fraction of sp³-hybridized carbons (Fsp3) is 0.545. The second kappa shape index (κ2) is 6.37. The predicted molar refractivity (Wildman–Crippen MR) is 61.7 cm³/mol. The van der Waals surface area contributed by atoms with Gasteiger partial charge in [-0.2, -0.15) is 0 Å². The Balaban J connectivity index is 2.56. The van der Waals surface area contributed by atoms with Gasteiger partial charge in [-0.15, -0.1) is 0 Å². The van der Waals surface area contributed by atoms with Gasteiger partial charge in [0.15, 0.2) is 0 Å². The SMILES string of the molecule is CCNC(COC)Cc1ccnc(N)c1. The molecule has 0 fully saturated rings. The van der Waals surface area contributed by atoms with Gasteiger partial charge in [-0.3, -0.25) is 0 Å². The molecule has 3 N–H and O–H groups in total. The van der Waals surface area contributed by atoms with Crippen LogP contribution in [-0.2, 0) is 11.2 Å². The van der Waals surface area contributed by atoms with E-state index in [0.717, 1.165) is 13.0 Å². The predicted octanol–water partition coefficient (Wildman–Crippen LogP) is 0.831. The number of nitrogens with one attached hydrogen (secondary N) is 1. The highest BCUT2D eigenvalue weighted by Gasteiger charge is 2.07. The minimum absolute atomic E-state index is 0.335. The molecule has 0 bridgehead atoms. The summed E-state index contributed by atoms with van der Waals surface area (Å²) in [6.07, 6.45) is 2.65. The van der Waals surface area contributed by atoms with Crippen molar-refractivity contribution in [1.29, 1.82) is 0 Å². The molecule has 0 aliphatic rings. The fourth-order valence-corrected chi connectivity index (χ4v) is 1.59. The summed E-state index contributed by atoms with van der Waals surface area (Å²) in [5, 5.41) is 3.37. The molecule has 0 amide bonds. The number of likely N-dealkylation sites (N-methyl/N-ethyl adjacent to an activating group) is 1. The van der Waals surface area contributed by atoms with E-state index in [9.17, 15) is 0 Å². The number of pyridine rings is 1. The third-order valence-corrected chi connectivity index (χ3v) is 2.19. The molecule has 0 spiro atoms. The average molecular weight is 209 g/mol. The van der Waals surface area contributed by atoms with Crippen LogP contribution >= 0.6 is 0 Å². The van der Waals surface area contributed by atoms with Gasteiger partial charge in [0.05, 0.1) is 6.61 Å². The van der Waals surface area contributed by atoms with Gasteiger partial charge in [0, 0.05) is 19.3 Å². The van der Waals surface area contributed by atoms with Crippen LogP contribution in [0.3, 0.4) is 0 Å². The third kappa shape index (κ3) is 4.27. The summed E-state index contributed by atoms with van der Waals surface area (Å²) in [6, 6.07) is 4.22. The fourth-order valence-electron chi connectivity index (χ4n) is 1.59. The molecule has 84 valence electrons. The first kappa shape index (κ1) is 11.9. The molecule has 0 aliphatic carbocycles. The quantitative estimate of drug-likeness (QED) is 0.728. The Labute approximate surface area is 90.8 Å². The number of anilines is 1. The molecular formula is C11H19N3O. The van der Waals surface area contributed by atoms with Gasteiger partial charge in [-0.25, -0.2) is 4.98 Å². The van der Waals surface area contributed by atoms with E-state index < -0.39 is 0 Å². The van der Waals surface area contributed by atoms with Crippen molar-refractivity contribution in [2.45, 2.75) is 19.4 Å². The Morgan fingerprint density at radius 3 is 3.00 bits per heavy atom. The molecule has 4 nitrogen and oxygen atoms in total. The molecule has 0 aromatic carbocycles. The van der Waals surface area contributed by atoms with E-state index >= 15 is 0 Å². The monoisotopic (exact) mass is 209 g/mol. The Kier molecular flexibility index (Phi) is 5.07. The second-order valence-electron chi connectivity index (χ2n) is 3.50. The molecule has 0 aliphatic heterocycles. The summed E-state index contributed by atoms with van der Waals surface area (Å²) in [5.41, 5.74) is 6.81. The standard InChI is InChI=1S/C11H19N3O/c1-3-13-10(8-15-2)6-9-4-5-14-11(12)7-9/h4-5,7,10,13H,3,6,8H2,1-2H3,(H2,12,14). The van der Waals surface area contributed by atoms with Crippen LogP contribution in [0.15, 0.2) is 18.3 Å². The van der Waals surface area contributed by atoms with Gasteiger partial charge in [0.25, 0.3) is 0 Å². The summed E-state index contributed by atoms with van der Waals surface area (Å²) in [7, 11) is 1.71. The number of nitrogens with zero attached hydrogens (tertiary/aromatic N) is 1. The third-order valence-electron chi connectivity index (χ3n) is 2.19. The zero-order chi connectivity index (χ0) is 11.1. The molecule has 1 atom stereocenters. The Bertz CT molecular complexity index is 285. The first-order valence-corrected chi connectivity index (χ1v) is 5.19. The van der Waals surface area contributed by atoms with Crippen LogP contribution in [0.25, 0.3) is 0 Å². The lowest BCUT2D eigenvalue weighted by molar-refractivity contribution is 0.167. The maximum atomic E-state index is 5.62. The Morgan fingerprint density at radius 2 is 2.40 bits per heavy atom. The molecular weight excluding hydrogens is 190 g/mol. The molecule has 1 aromatic rings. The number of nitrogens with two attached hydrogens (primary N) is 1. The number of nitrogen functional groups attached to an aromatic ring is 1. The van der Waals surface area contributed by atoms with Gasteiger partial charge in [-0.05, 0) is 30.7 Å². The average Bonchev–Trinajstić information content (AvgIpc) is 2.18. The van der Waals surface area contributed by atoms with Gasteiger partial charge in [-0.1, -0.05) is 6.92 Å². The maximum Gasteiger partial charge on any atom is 0.123 e. The summed E-state index contributed by atoms with van der Waals surface area (Å²) in [6.45, 7) is 3.73. The molecule has 1 unspecified atom stereocenters. The van der Waals surface area contributed by atoms with Gasteiger partial charge >= 0.3 is 0 Å². The van der Waals surface area contributed by atoms with E-state index in [-0.39, 0.29) is 0 Å². The molecule has 0 radical (unpaired) electrons. The van der Waals surface area contributed by atoms with E-state index in [1.165, 1.54) is 5.56 Å². The van der Waals surface area contributed by atoms with Crippen molar-refractivity contribution in [2.75, 3.05) is 26.0 Å². The van der Waals surface area contributed by atoms with Crippen molar-refractivity contribution in [3.05, 3.63) is 23.9 Å². The lowest BCUT2D eigenvalue weighted by Gasteiger charge is -2.16. The van der Waals surface area contributed by atoms with E-state index in [0.29, 0.717) is 18.5 Å². The van der Waals surface area contributed by atoms with Crippen molar-refractivity contribution >= 4 is 5.82 Å².